The minimum absolute atomic E-state index is 0.0389. The minimum atomic E-state index is -0.486. The van der Waals surface area contributed by atoms with E-state index in [0.29, 0.717) is 60.0 Å². The summed E-state index contributed by atoms with van der Waals surface area (Å²) < 4.78 is 15.7. The molecule has 2 aromatic carbocycles. The smallest absolute Gasteiger partial charge is 0.274 e. The van der Waals surface area contributed by atoms with E-state index in [4.69, 9.17) is 14.2 Å². The summed E-state index contributed by atoms with van der Waals surface area (Å²) >= 11 is 0. The van der Waals surface area contributed by atoms with Crippen molar-refractivity contribution in [2.24, 2.45) is 0 Å². The zero-order valence-corrected chi connectivity index (χ0v) is 17.8. The van der Waals surface area contributed by atoms with Gasteiger partial charge in [-0.2, -0.15) is 0 Å². The first-order valence-corrected chi connectivity index (χ1v) is 10.0. The van der Waals surface area contributed by atoms with E-state index < -0.39 is 5.56 Å². The maximum atomic E-state index is 12.7. The van der Waals surface area contributed by atoms with Gasteiger partial charge in [-0.1, -0.05) is 0 Å². The summed E-state index contributed by atoms with van der Waals surface area (Å²) in [6.07, 6.45) is 1.28. The molecule has 0 bridgehead atoms. The molecular weight excluding hydrogens is 414 g/mol. The van der Waals surface area contributed by atoms with Crippen molar-refractivity contribution in [3.63, 3.8) is 0 Å². The van der Waals surface area contributed by atoms with Gasteiger partial charge in [0.15, 0.2) is 11.5 Å². The molecule has 0 aliphatic carbocycles. The van der Waals surface area contributed by atoms with Crippen molar-refractivity contribution in [2.75, 3.05) is 40.5 Å². The van der Waals surface area contributed by atoms with Crippen molar-refractivity contribution in [3.05, 3.63) is 63.6 Å². The molecule has 0 atom stereocenters. The largest absolute Gasteiger partial charge is 0.507 e. The number of nitrogens with one attached hydrogen (secondary N) is 1. The van der Waals surface area contributed by atoms with Crippen LogP contribution < -0.4 is 15.0 Å². The highest BCUT2D eigenvalue weighted by molar-refractivity contribution is 5.97. The van der Waals surface area contributed by atoms with E-state index in [-0.39, 0.29) is 17.4 Å². The fraction of sp³-hybridized carbons (Fsp3) is 0.261. The Balaban J connectivity index is 1.65. The Labute approximate surface area is 183 Å². The third kappa shape index (κ3) is 4.28. The van der Waals surface area contributed by atoms with Crippen molar-refractivity contribution in [2.45, 2.75) is 0 Å². The average molecular weight is 437 g/mol. The van der Waals surface area contributed by atoms with Crippen LogP contribution in [0.5, 0.6) is 11.5 Å². The summed E-state index contributed by atoms with van der Waals surface area (Å²) in [5.74, 6) is 0.699. The van der Waals surface area contributed by atoms with E-state index in [1.807, 2.05) is 0 Å². The molecule has 1 saturated heterocycles. The lowest BCUT2D eigenvalue weighted by atomic mass is 10.1. The van der Waals surface area contributed by atoms with Crippen LogP contribution in [0.25, 0.3) is 22.9 Å². The number of rotatable bonds is 5. The minimum Gasteiger partial charge on any atom is -0.507 e. The third-order valence-corrected chi connectivity index (χ3v) is 5.22. The first-order valence-electron chi connectivity index (χ1n) is 10.0. The van der Waals surface area contributed by atoms with Crippen molar-refractivity contribution < 1.29 is 24.1 Å². The molecule has 1 aromatic heterocycles. The van der Waals surface area contributed by atoms with Gasteiger partial charge in [-0.3, -0.25) is 9.59 Å². The van der Waals surface area contributed by atoms with Crippen LogP contribution in [0.2, 0.25) is 0 Å². The summed E-state index contributed by atoms with van der Waals surface area (Å²) in [6.45, 7) is 2.09. The zero-order chi connectivity index (χ0) is 22.7. The van der Waals surface area contributed by atoms with Gasteiger partial charge in [-0.25, -0.2) is 4.98 Å². The number of aliphatic hydroxyl groups is 1. The standard InChI is InChI=1S/C23H23N3O6/c1-30-20-6-4-14(12-21(20)31-2)19(27)13-18-22(28)25-17-11-15(3-5-16(17)24-18)23(29)26-7-9-32-10-8-26/h3-6,11-13,27H,7-10H2,1-2H3,(H,25,28). The van der Waals surface area contributed by atoms with E-state index in [1.54, 1.807) is 41.3 Å². The predicted molar refractivity (Wildman–Crippen MR) is 119 cm³/mol. The van der Waals surface area contributed by atoms with E-state index in [1.165, 1.54) is 20.3 Å². The summed E-state index contributed by atoms with van der Waals surface area (Å²) in [7, 11) is 3.02. The van der Waals surface area contributed by atoms with Gasteiger partial charge in [0.2, 0.25) is 0 Å². The molecule has 0 spiro atoms. The van der Waals surface area contributed by atoms with Crippen LogP contribution in [-0.2, 0) is 4.74 Å². The van der Waals surface area contributed by atoms with Crippen LogP contribution in [0.3, 0.4) is 0 Å². The molecule has 0 saturated carbocycles. The number of hydrogen-bond acceptors (Lipinski definition) is 7. The molecule has 2 heterocycles. The normalized spacial score (nSPS) is 14.4. The monoisotopic (exact) mass is 437 g/mol. The van der Waals surface area contributed by atoms with Crippen molar-refractivity contribution in [3.8, 4) is 11.5 Å². The summed E-state index contributed by atoms with van der Waals surface area (Å²) in [5.41, 5.74) is 1.40. The lowest BCUT2D eigenvalue weighted by Gasteiger charge is -2.26. The number of amides is 1. The molecule has 1 aliphatic rings. The third-order valence-electron chi connectivity index (χ3n) is 5.22. The summed E-state index contributed by atoms with van der Waals surface area (Å²) in [5, 5.41) is 10.5. The van der Waals surface area contributed by atoms with Crippen LogP contribution in [-0.4, -0.2) is 66.4 Å². The van der Waals surface area contributed by atoms with Gasteiger partial charge in [0.1, 0.15) is 11.5 Å². The molecule has 0 unspecified atom stereocenters. The molecule has 1 aliphatic heterocycles. The number of methoxy groups -OCH3 is 2. The Hall–Kier alpha value is -3.85. The van der Waals surface area contributed by atoms with E-state index in [2.05, 4.69) is 9.97 Å². The summed E-state index contributed by atoms with van der Waals surface area (Å²) in [6, 6.07) is 9.86. The number of aliphatic hydroxyl groups excluding tert-OH is 1. The fourth-order valence-electron chi connectivity index (χ4n) is 3.49. The molecule has 9 heteroatoms. The number of aromatic nitrogens is 2. The van der Waals surface area contributed by atoms with Gasteiger partial charge in [0.05, 0.1) is 38.5 Å². The first-order chi connectivity index (χ1) is 15.5. The molecule has 4 rings (SSSR count). The highest BCUT2D eigenvalue weighted by atomic mass is 16.5. The topological polar surface area (TPSA) is 114 Å². The molecule has 0 radical (unpaired) electrons. The molecule has 2 N–H and O–H groups in total. The van der Waals surface area contributed by atoms with Gasteiger partial charge in [0.25, 0.3) is 11.5 Å². The van der Waals surface area contributed by atoms with Crippen LogP contribution in [0.15, 0.2) is 41.2 Å². The first kappa shape index (κ1) is 21.4. The molecule has 1 fully saturated rings. The lowest BCUT2D eigenvalue weighted by molar-refractivity contribution is 0.0303. The van der Waals surface area contributed by atoms with Gasteiger partial charge in [0, 0.05) is 30.3 Å². The lowest BCUT2D eigenvalue weighted by Crippen LogP contribution is -2.40. The second-order valence-electron chi connectivity index (χ2n) is 7.19. The number of nitrogens with zero attached hydrogens (tertiary/aromatic N) is 2. The van der Waals surface area contributed by atoms with Crippen LogP contribution in [0.1, 0.15) is 21.6 Å². The Bertz CT molecular complexity index is 1240. The number of fused-ring (bicyclic) bond motifs is 1. The average Bonchev–Trinajstić information content (AvgIpc) is 2.83. The van der Waals surface area contributed by atoms with Gasteiger partial charge in [-0.05, 0) is 36.4 Å². The van der Waals surface area contributed by atoms with Gasteiger partial charge in [-0.15, -0.1) is 0 Å². The maximum Gasteiger partial charge on any atom is 0.274 e. The van der Waals surface area contributed by atoms with Crippen molar-refractivity contribution in [1.29, 1.82) is 0 Å². The number of hydrogen-bond donors (Lipinski definition) is 2. The number of carbonyl (C=O) groups excluding carboxylic acids is 1. The quantitative estimate of drug-likeness (QED) is 0.590. The number of benzene rings is 2. The Morgan fingerprint density at radius 2 is 1.81 bits per heavy atom. The molecule has 3 aromatic rings. The predicted octanol–water partition coefficient (Wildman–Crippen LogP) is 2.47. The van der Waals surface area contributed by atoms with E-state index in [9.17, 15) is 14.7 Å². The molecule has 32 heavy (non-hydrogen) atoms. The zero-order valence-electron chi connectivity index (χ0n) is 17.8. The fourth-order valence-corrected chi connectivity index (χ4v) is 3.49. The number of carbonyl (C=O) groups is 1. The Morgan fingerprint density at radius 1 is 1.09 bits per heavy atom. The second kappa shape index (κ2) is 9.11. The van der Waals surface area contributed by atoms with E-state index >= 15 is 0 Å². The van der Waals surface area contributed by atoms with Gasteiger partial charge < -0.3 is 29.2 Å². The number of morpholine rings is 1. The number of H-pyrrole nitrogens is 1. The van der Waals surface area contributed by atoms with Crippen LogP contribution >= 0.6 is 0 Å². The van der Waals surface area contributed by atoms with Crippen LogP contribution in [0, 0.1) is 0 Å². The second-order valence-corrected chi connectivity index (χ2v) is 7.19. The number of aromatic amines is 1. The SMILES string of the molecule is COc1ccc(C(O)=Cc2nc3ccc(C(=O)N4CCOCC4)cc3[nH]c2=O)cc1OC. The highest BCUT2D eigenvalue weighted by Gasteiger charge is 2.19. The molecule has 166 valence electrons. The molecule has 1 amide bonds. The highest BCUT2D eigenvalue weighted by Crippen LogP contribution is 2.30. The molecule has 9 nitrogen and oxygen atoms in total. The molecular formula is C23H23N3O6. The van der Waals surface area contributed by atoms with Gasteiger partial charge >= 0.3 is 0 Å². The van der Waals surface area contributed by atoms with Crippen molar-refractivity contribution in [1.82, 2.24) is 14.9 Å². The maximum absolute atomic E-state index is 12.7. The Morgan fingerprint density at radius 3 is 2.53 bits per heavy atom. The van der Waals surface area contributed by atoms with Crippen molar-refractivity contribution >= 4 is 28.8 Å². The number of ether oxygens (including phenoxy) is 3. The summed E-state index contributed by atoms with van der Waals surface area (Å²) in [4.78, 5) is 34.1. The van der Waals surface area contributed by atoms with E-state index in [0.717, 1.165) is 0 Å². The van der Waals surface area contributed by atoms with Crippen LogP contribution in [0.4, 0.5) is 0 Å². The Kier molecular flexibility index (Phi) is 6.09.